The summed E-state index contributed by atoms with van der Waals surface area (Å²) in [5, 5.41) is 10.1. The number of phenols is 1. The highest BCUT2D eigenvalue weighted by Crippen LogP contribution is 2.41. The highest BCUT2D eigenvalue weighted by molar-refractivity contribution is 5.49. The lowest BCUT2D eigenvalue weighted by Gasteiger charge is -2.41. The fraction of sp³-hybridized carbons (Fsp3) is 0.368. The van der Waals surface area contributed by atoms with Crippen LogP contribution in [0.5, 0.6) is 17.2 Å². The topological polar surface area (TPSA) is 41.9 Å². The van der Waals surface area contributed by atoms with Crippen LogP contribution in [0.3, 0.4) is 0 Å². The lowest BCUT2D eigenvalue weighted by Crippen LogP contribution is -2.39. The average Bonchev–Trinajstić information content (AvgIpc) is 2.59. The van der Waals surface area contributed by atoms with Gasteiger partial charge in [-0.05, 0) is 59.4 Å². The van der Waals surface area contributed by atoms with Crippen LogP contribution in [0.2, 0.25) is 0 Å². The predicted molar refractivity (Wildman–Crippen MR) is 88.2 cm³/mol. The SMILES string of the molecule is COc1ccc2c(c1)CCN1Cc3cc(OC)c(O)cc3C[C@@H]21. The molecule has 0 radical (unpaired) electrons. The molecule has 0 fully saturated rings. The van der Waals surface area contributed by atoms with Crippen molar-refractivity contribution >= 4 is 0 Å². The molecule has 0 aliphatic carbocycles. The van der Waals surface area contributed by atoms with Gasteiger partial charge >= 0.3 is 0 Å². The Morgan fingerprint density at radius 3 is 2.70 bits per heavy atom. The van der Waals surface area contributed by atoms with Gasteiger partial charge in [0.2, 0.25) is 0 Å². The van der Waals surface area contributed by atoms with Crippen LogP contribution in [-0.2, 0) is 19.4 Å². The van der Waals surface area contributed by atoms with E-state index in [1.54, 1.807) is 14.2 Å². The van der Waals surface area contributed by atoms with E-state index >= 15 is 0 Å². The van der Waals surface area contributed by atoms with E-state index in [-0.39, 0.29) is 5.75 Å². The maximum Gasteiger partial charge on any atom is 0.160 e. The van der Waals surface area contributed by atoms with Gasteiger partial charge in [0.15, 0.2) is 11.5 Å². The second-order valence-corrected chi connectivity index (χ2v) is 6.30. The summed E-state index contributed by atoms with van der Waals surface area (Å²) in [6.45, 7) is 1.95. The molecule has 4 heteroatoms. The molecule has 4 nitrogen and oxygen atoms in total. The summed E-state index contributed by atoms with van der Waals surface area (Å²) in [7, 11) is 3.31. The number of nitrogens with zero attached hydrogens (tertiary/aromatic N) is 1. The van der Waals surface area contributed by atoms with Crippen molar-refractivity contribution in [3.8, 4) is 17.2 Å². The van der Waals surface area contributed by atoms with E-state index in [0.717, 1.165) is 31.7 Å². The number of fused-ring (bicyclic) bond motifs is 4. The molecular weight excluding hydrogens is 290 g/mol. The second-order valence-electron chi connectivity index (χ2n) is 6.30. The number of benzene rings is 2. The van der Waals surface area contributed by atoms with Crippen molar-refractivity contribution in [2.75, 3.05) is 20.8 Å². The Morgan fingerprint density at radius 1 is 1.04 bits per heavy atom. The minimum absolute atomic E-state index is 0.227. The largest absolute Gasteiger partial charge is 0.504 e. The summed E-state index contributed by atoms with van der Waals surface area (Å²) >= 11 is 0. The smallest absolute Gasteiger partial charge is 0.160 e. The van der Waals surface area contributed by atoms with Crippen LogP contribution in [-0.4, -0.2) is 30.8 Å². The third kappa shape index (κ3) is 2.34. The van der Waals surface area contributed by atoms with Crippen molar-refractivity contribution in [2.24, 2.45) is 0 Å². The van der Waals surface area contributed by atoms with Gasteiger partial charge < -0.3 is 14.6 Å². The van der Waals surface area contributed by atoms with Gasteiger partial charge in [0, 0.05) is 19.1 Å². The summed E-state index contributed by atoms with van der Waals surface area (Å²) in [6.07, 6.45) is 1.97. The number of methoxy groups -OCH3 is 2. The van der Waals surface area contributed by atoms with Crippen LogP contribution in [0.1, 0.15) is 28.3 Å². The molecule has 0 amide bonds. The number of hydrogen-bond donors (Lipinski definition) is 1. The Bertz CT molecular complexity index is 757. The fourth-order valence-corrected chi connectivity index (χ4v) is 3.88. The molecule has 23 heavy (non-hydrogen) atoms. The minimum atomic E-state index is 0.227. The normalized spacial score (nSPS) is 19.5. The van der Waals surface area contributed by atoms with Crippen molar-refractivity contribution in [1.29, 1.82) is 0 Å². The molecule has 0 aromatic heterocycles. The van der Waals surface area contributed by atoms with Crippen molar-refractivity contribution in [3.63, 3.8) is 0 Å². The number of hydrogen-bond acceptors (Lipinski definition) is 4. The molecule has 0 unspecified atom stereocenters. The van der Waals surface area contributed by atoms with Crippen LogP contribution in [0.15, 0.2) is 30.3 Å². The molecule has 4 rings (SSSR count). The molecule has 120 valence electrons. The molecule has 0 saturated heterocycles. The standard InChI is InChI=1S/C19H21NO3/c1-22-15-3-4-16-12(7-15)5-6-20-11-14-10-19(23-2)18(21)9-13(14)8-17(16)20/h3-4,7,9-10,17,21H,5-6,8,11H2,1-2H3/t17-/m0/s1. The van der Waals surface area contributed by atoms with Gasteiger partial charge in [-0.3, -0.25) is 4.90 Å². The molecular formula is C19H21NO3. The van der Waals surface area contributed by atoms with Crippen molar-refractivity contribution in [3.05, 3.63) is 52.6 Å². The van der Waals surface area contributed by atoms with Crippen LogP contribution >= 0.6 is 0 Å². The molecule has 2 aliphatic rings. The van der Waals surface area contributed by atoms with E-state index in [1.807, 2.05) is 18.2 Å². The molecule has 2 heterocycles. The summed E-state index contributed by atoms with van der Waals surface area (Å²) in [6, 6.07) is 10.6. The lowest BCUT2D eigenvalue weighted by atomic mass is 9.84. The van der Waals surface area contributed by atoms with Crippen molar-refractivity contribution in [2.45, 2.75) is 25.4 Å². The zero-order valence-electron chi connectivity index (χ0n) is 13.5. The van der Waals surface area contributed by atoms with Gasteiger partial charge in [-0.1, -0.05) is 6.07 Å². The number of phenolic OH excluding ortho intramolecular Hbond substituents is 1. The van der Waals surface area contributed by atoms with Gasteiger partial charge in [0.1, 0.15) is 5.75 Å². The number of ether oxygens (including phenoxy) is 2. The summed E-state index contributed by atoms with van der Waals surface area (Å²) in [4.78, 5) is 2.52. The quantitative estimate of drug-likeness (QED) is 0.925. The number of rotatable bonds is 2. The molecule has 0 saturated carbocycles. The molecule has 0 bridgehead atoms. The van der Waals surface area contributed by atoms with Crippen LogP contribution in [0.25, 0.3) is 0 Å². The van der Waals surface area contributed by atoms with Gasteiger partial charge in [-0.25, -0.2) is 0 Å². The Kier molecular flexibility index (Phi) is 3.42. The maximum atomic E-state index is 10.1. The van der Waals surface area contributed by atoms with Gasteiger partial charge in [-0.2, -0.15) is 0 Å². The van der Waals surface area contributed by atoms with Crippen LogP contribution in [0.4, 0.5) is 0 Å². The first-order chi connectivity index (χ1) is 11.2. The lowest BCUT2D eigenvalue weighted by molar-refractivity contribution is 0.160. The van der Waals surface area contributed by atoms with E-state index in [0.29, 0.717) is 11.8 Å². The summed E-state index contributed by atoms with van der Waals surface area (Å²) < 4.78 is 10.6. The summed E-state index contributed by atoms with van der Waals surface area (Å²) in [5.74, 6) is 1.71. The molecule has 2 aliphatic heterocycles. The van der Waals surface area contributed by atoms with Gasteiger partial charge in [0.25, 0.3) is 0 Å². The number of aromatic hydroxyl groups is 1. The predicted octanol–water partition coefficient (Wildman–Crippen LogP) is 3.06. The Labute approximate surface area is 136 Å². The first-order valence-electron chi connectivity index (χ1n) is 7.99. The van der Waals surface area contributed by atoms with Gasteiger partial charge in [-0.15, -0.1) is 0 Å². The zero-order chi connectivity index (χ0) is 16.0. The van der Waals surface area contributed by atoms with E-state index in [9.17, 15) is 5.11 Å². The second kappa shape index (κ2) is 5.46. The molecule has 0 spiro atoms. The molecule has 1 atom stereocenters. The first-order valence-corrected chi connectivity index (χ1v) is 7.99. The zero-order valence-corrected chi connectivity index (χ0v) is 13.5. The van der Waals surface area contributed by atoms with E-state index < -0.39 is 0 Å². The molecule has 2 aromatic rings. The van der Waals surface area contributed by atoms with E-state index in [2.05, 4.69) is 17.0 Å². The minimum Gasteiger partial charge on any atom is -0.504 e. The first kappa shape index (κ1) is 14.4. The highest BCUT2D eigenvalue weighted by Gasteiger charge is 2.32. The molecule has 1 N–H and O–H groups in total. The third-order valence-electron chi connectivity index (χ3n) is 5.11. The van der Waals surface area contributed by atoms with Crippen LogP contribution in [0, 0.1) is 0 Å². The molecule has 2 aromatic carbocycles. The van der Waals surface area contributed by atoms with Crippen molar-refractivity contribution < 1.29 is 14.6 Å². The Morgan fingerprint density at radius 2 is 1.91 bits per heavy atom. The average molecular weight is 311 g/mol. The van der Waals surface area contributed by atoms with E-state index in [1.165, 1.54) is 22.3 Å². The monoisotopic (exact) mass is 311 g/mol. The summed E-state index contributed by atoms with van der Waals surface area (Å²) in [5.41, 5.74) is 5.24. The van der Waals surface area contributed by atoms with Crippen molar-refractivity contribution in [1.82, 2.24) is 4.90 Å². The Balaban J connectivity index is 1.72. The maximum absolute atomic E-state index is 10.1. The van der Waals surface area contributed by atoms with E-state index in [4.69, 9.17) is 9.47 Å². The highest BCUT2D eigenvalue weighted by atomic mass is 16.5. The third-order valence-corrected chi connectivity index (χ3v) is 5.11. The Hall–Kier alpha value is -2.20. The van der Waals surface area contributed by atoms with Crippen LogP contribution < -0.4 is 9.47 Å². The van der Waals surface area contributed by atoms with Gasteiger partial charge in [0.05, 0.1) is 14.2 Å². The fourth-order valence-electron chi connectivity index (χ4n) is 3.88.